The summed E-state index contributed by atoms with van der Waals surface area (Å²) in [6, 6.07) is 6.34. The molecule has 0 aliphatic rings. The van der Waals surface area contributed by atoms with Gasteiger partial charge in [0.05, 0.1) is 12.7 Å². The van der Waals surface area contributed by atoms with E-state index in [2.05, 4.69) is 9.46 Å². The number of aromatic carboxylic acids is 1. The van der Waals surface area contributed by atoms with Crippen molar-refractivity contribution in [2.24, 2.45) is 0 Å². The smallest absolute Gasteiger partial charge is 0.335 e. The van der Waals surface area contributed by atoms with Gasteiger partial charge in [0, 0.05) is 4.90 Å². The largest absolute Gasteiger partial charge is 0.478 e. The van der Waals surface area contributed by atoms with Crippen LogP contribution < -0.4 is 4.72 Å². The lowest BCUT2D eigenvalue weighted by atomic mass is 10.2. The van der Waals surface area contributed by atoms with Crippen molar-refractivity contribution in [2.75, 3.05) is 13.7 Å². The van der Waals surface area contributed by atoms with Crippen molar-refractivity contribution in [3.63, 3.8) is 0 Å². The first-order chi connectivity index (χ1) is 7.63. The number of esters is 1. The Kier molecular flexibility index (Phi) is 4.81. The molecule has 0 bridgehead atoms. The van der Waals surface area contributed by atoms with Crippen molar-refractivity contribution in [2.45, 2.75) is 4.90 Å². The third-order valence-corrected chi connectivity index (χ3v) is 2.53. The number of rotatable bonds is 5. The van der Waals surface area contributed by atoms with Crippen molar-refractivity contribution in [1.29, 1.82) is 0 Å². The lowest BCUT2D eigenvalue weighted by Gasteiger charge is -2.02. The number of hydrogen-bond donors (Lipinski definition) is 2. The van der Waals surface area contributed by atoms with E-state index >= 15 is 0 Å². The van der Waals surface area contributed by atoms with Gasteiger partial charge in [0.2, 0.25) is 0 Å². The molecule has 0 heterocycles. The summed E-state index contributed by atoms with van der Waals surface area (Å²) in [5, 5.41) is 8.67. The number of carboxylic acid groups (broad SMARTS) is 1. The van der Waals surface area contributed by atoms with E-state index in [1.807, 2.05) is 0 Å². The molecule has 1 aromatic rings. The summed E-state index contributed by atoms with van der Waals surface area (Å²) in [5.74, 6) is -1.31. The number of hydrogen-bond acceptors (Lipinski definition) is 5. The van der Waals surface area contributed by atoms with Crippen LogP contribution in [-0.4, -0.2) is 30.7 Å². The molecule has 0 spiro atoms. The summed E-state index contributed by atoms with van der Waals surface area (Å²) >= 11 is 1.24. The molecule has 1 aromatic carbocycles. The Morgan fingerprint density at radius 3 is 2.50 bits per heavy atom. The standard InChI is InChI=1S/C10H11NO4S/c1-15-9(12)6-11-16-8-4-2-7(3-5-8)10(13)14/h2-5,11H,6H2,1H3,(H,13,14). The lowest BCUT2D eigenvalue weighted by molar-refractivity contribution is -0.139. The van der Waals surface area contributed by atoms with E-state index in [-0.39, 0.29) is 18.1 Å². The van der Waals surface area contributed by atoms with Gasteiger partial charge in [-0.15, -0.1) is 0 Å². The molecule has 2 N–H and O–H groups in total. The molecule has 0 amide bonds. The molecular formula is C10H11NO4S. The number of ether oxygens (including phenoxy) is 1. The van der Waals surface area contributed by atoms with Gasteiger partial charge in [-0.3, -0.25) is 4.79 Å². The number of methoxy groups -OCH3 is 1. The molecule has 86 valence electrons. The first kappa shape index (κ1) is 12.5. The van der Waals surface area contributed by atoms with E-state index in [0.717, 1.165) is 4.90 Å². The van der Waals surface area contributed by atoms with Gasteiger partial charge in [-0.25, -0.2) is 9.52 Å². The topological polar surface area (TPSA) is 75.6 Å². The Balaban J connectivity index is 2.43. The van der Waals surface area contributed by atoms with Gasteiger partial charge in [0.1, 0.15) is 6.54 Å². The summed E-state index contributed by atoms with van der Waals surface area (Å²) in [6.07, 6.45) is 0. The molecule has 0 radical (unpaired) electrons. The maximum absolute atomic E-state index is 10.8. The third-order valence-electron chi connectivity index (χ3n) is 1.74. The first-order valence-corrected chi connectivity index (χ1v) is 5.25. The second kappa shape index (κ2) is 6.14. The summed E-state index contributed by atoms with van der Waals surface area (Å²) in [4.78, 5) is 22.2. The zero-order valence-corrected chi connectivity index (χ0v) is 9.41. The van der Waals surface area contributed by atoms with Crippen molar-refractivity contribution < 1.29 is 19.4 Å². The quantitative estimate of drug-likeness (QED) is 0.595. The molecule has 16 heavy (non-hydrogen) atoms. The van der Waals surface area contributed by atoms with Crippen LogP contribution >= 0.6 is 11.9 Å². The number of carboxylic acids is 1. The van der Waals surface area contributed by atoms with Crippen molar-refractivity contribution >= 4 is 23.9 Å². The number of benzene rings is 1. The SMILES string of the molecule is COC(=O)CNSc1ccc(C(=O)O)cc1. The van der Waals surface area contributed by atoms with E-state index in [4.69, 9.17) is 5.11 Å². The molecular weight excluding hydrogens is 230 g/mol. The second-order valence-corrected chi connectivity index (χ2v) is 3.79. The average Bonchev–Trinajstić information content (AvgIpc) is 2.29. The highest BCUT2D eigenvalue weighted by Gasteiger charge is 2.03. The van der Waals surface area contributed by atoms with E-state index in [9.17, 15) is 9.59 Å². The number of carbonyl (C=O) groups excluding carboxylic acids is 1. The van der Waals surface area contributed by atoms with Crippen LogP contribution in [0.3, 0.4) is 0 Å². The van der Waals surface area contributed by atoms with Crippen LogP contribution in [0.25, 0.3) is 0 Å². The van der Waals surface area contributed by atoms with E-state index in [1.165, 1.54) is 31.2 Å². The van der Waals surface area contributed by atoms with Crippen LogP contribution in [-0.2, 0) is 9.53 Å². The maximum atomic E-state index is 10.8. The summed E-state index contributed by atoms with van der Waals surface area (Å²) in [6.45, 7) is 0.0991. The van der Waals surface area contributed by atoms with Crippen molar-refractivity contribution in [1.82, 2.24) is 4.72 Å². The number of nitrogens with one attached hydrogen (secondary N) is 1. The van der Waals surface area contributed by atoms with Gasteiger partial charge in [0.25, 0.3) is 0 Å². The fourth-order valence-electron chi connectivity index (χ4n) is 0.916. The summed E-state index contributed by atoms with van der Waals surface area (Å²) in [5.41, 5.74) is 0.234. The van der Waals surface area contributed by atoms with Gasteiger partial charge < -0.3 is 9.84 Å². The van der Waals surface area contributed by atoms with Crippen LogP contribution in [0.1, 0.15) is 10.4 Å². The van der Waals surface area contributed by atoms with Crippen molar-refractivity contribution in [3.05, 3.63) is 29.8 Å². The van der Waals surface area contributed by atoms with Gasteiger partial charge >= 0.3 is 11.9 Å². The minimum absolute atomic E-state index is 0.0991. The van der Waals surface area contributed by atoms with E-state index in [1.54, 1.807) is 12.1 Å². The molecule has 6 heteroatoms. The normalized spacial score (nSPS) is 9.81. The molecule has 0 saturated heterocycles. The Bertz CT molecular complexity index is 377. The Hall–Kier alpha value is -1.53. The fraction of sp³-hybridized carbons (Fsp3) is 0.200. The summed E-state index contributed by atoms with van der Waals surface area (Å²) < 4.78 is 7.24. The monoisotopic (exact) mass is 241 g/mol. The lowest BCUT2D eigenvalue weighted by Crippen LogP contribution is -2.17. The Morgan fingerprint density at radius 2 is 2.00 bits per heavy atom. The Labute approximate surface area is 96.9 Å². The molecule has 0 aliphatic carbocycles. The van der Waals surface area contributed by atoms with E-state index < -0.39 is 5.97 Å². The number of carbonyl (C=O) groups is 2. The highest BCUT2D eigenvalue weighted by molar-refractivity contribution is 7.97. The second-order valence-electron chi connectivity index (χ2n) is 2.83. The van der Waals surface area contributed by atoms with Crippen LogP contribution in [0.5, 0.6) is 0 Å². The molecule has 0 aliphatic heterocycles. The van der Waals surface area contributed by atoms with Crippen LogP contribution in [0.15, 0.2) is 29.2 Å². The van der Waals surface area contributed by atoms with Crippen molar-refractivity contribution in [3.8, 4) is 0 Å². The summed E-state index contributed by atoms with van der Waals surface area (Å²) in [7, 11) is 1.32. The van der Waals surface area contributed by atoms with Gasteiger partial charge in [-0.2, -0.15) is 0 Å². The molecule has 1 rings (SSSR count). The highest BCUT2D eigenvalue weighted by Crippen LogP contribution is 2.14. The molecule has 0 unspecified atom stereocenters. The fourth-order valence-corrected chi connectivity index (χ4v) is 1.54. The third kappa shape index (κ3) is 3.92. The van der Waals surface area contributed by atoms with Gasteiger partial charge in [-0.1, -0.05) is 0 Å². The van der Waals surface area contributed by atoms with Gasteiger partial charge in [-0.05, 0) is 36.2 Å². The van der Waals surface area contributed by atoms with Crippen LogP contribution in [0, 0.1) is 0 Å². The van der Waals surface area contributed by atoms with E-state index in [0.29, 0.717) is 0 Å². The molecule has 0 fully saturated rings. The Morgan fingerprint density at radius 1 is 1.38 bits per heavy atom. The predicted molar refractivity (Wildman–Crippen MR) is 59.3 cm³/mol. The minimum atomic E-state index is -0.959. The zero-order valence-electron chi connectivity index (χ0n) is 8.60. The van der Waals surface area contributed by atoms with Crippen LogP contribution in [0.4, 0.5) is 0 Å². The maximum Gasteiger partial charge on any atom is 0.335 e. The molecule has 0 atom stereocenters. The molecule has 0 aromatic heterocycles. The van der Waals surface area contributed by atoms with Gasteiger partial charge in [0.15, 0.2) is 0 Å². The zero-order chi connectivity index (χ0) is 12.0. The molecule has 0 saturated carbocycles. The first-order valence-electron chi connectivity index (χ1n) is 4.43. The predicted octanol–water partition coefficient (Wildman–Crippen LogP) is 1.15. The van der Waals surface area contributed by atoms with Crippen LogP contribution in [0.2, 0.25) is 0 Å². The average molecular weight is 241 g/mol. The highest BCUT2D eigenvalue weighted by atomic mass is 32.2. The minimum Gasteiger partial charge on any atom is -0.478 e. The molecule has 5 nitrogen and oxygen atoms in total.